The van der Waals surface area contributed by atoms with Gasteiger partial charge in [0.25, 0.3) is 5.91 Å². The van der Waals surface area contributed by atoms with Crippen molar-refractivity contribution in [3.05, 3.63) is 48.0 Å². The number of rotatable bonds is 3. The fraction of sp³-hybridized carbons (Fsp3) is 0.235. The summed E-state index contributed by atoms with van der Waals surface area (Å²) in [5, 5.41) is 9.77. The van der Waals surface area contributed by atoms with Crippen molar-refractivity contribution >= 4 is 23.5 Å². The van der Waals surface area contributed by atoms with Gasteiger partial charge in [-0.1, -0.05) is 30.3 Å². The van der Waals surface area contributed by atoms with E-state index in [0.29, 0.717) is 11.3 Å². The molecule has 0 spiro atoms. The lowest BCUT2D eigenvalue weighted by molar-refractivity contribution is -0.143. The number of aliphatic carboxylic acids is 1. The summed E-state index contributed by atoms with van der Waals surface area (Å²) >= 11 is 0. The summed E-state index contributed by atoms with van der Waals surface area (Å²) in [5.41, 5.74) is 4.97. The summed E-state index contributed by atoms with van der Waals surface area (Å²) in [4.78, 5) is 30.1. The Labute approximate surface area is 138 Å². The predicted molar refractivity (Wildman–Crippen MR) is 87.7 cm³/mol. The molecule has 1 atom stereocenters. The van der Waals surface area contributed by atoms with Gasteiger partial charge >= 0.3 is 5.97 Å². The molecule has 7 heteroatoms. The van der Waals surface area contributed by atoms with Gasteiger partial charge in [-0.05, 0) is 31.5 Å². The molecule has 2 heterocycles. The SMILES string of the molecule is CC1(C)Oc2ccc(N)nc2N(C(C(=O)O)c2ccccc2)C1=O. The van der Waals surface area contributed by atoms with Crippen molar-refractivity contribution in [2.75, 3.05) is 10.6 Å². The molecule has 0 radical (unpaired) electrons. The van der Waals surface area contributed by atoms with E-state index in [0.717, 1.165) is 4.90 Å². The van der Waals surface area contributed by atoms with Crippen molar-refractivity contribution in [1.82, 2.24) is 4.98 Å². The van der Waals surface area contributed by atoms with Gasteiger partial charge in [0.2, 0.25) is 0 Å². The van der Waals surface area contributed by atoms with Gasteiger partial charge in [-0.25, -0.2) is 9.78 Å². The van der Waals surface area contributed by atoms with Gasteiger partial charge in [-0.2, -0.15) is 0 Å². The maximum absolute atomic E-state index is 12.9. The summed E-state index contributed by atoms with van der Waals surface area (Å²) in [7, 11) is 0. The summed E-state index contributed by atoms with van der Waals surface area (Å²) in [5.74, 6) is -1.06. The number of amides is 1. The fourth-order valence-corrected chi connectivity index (χ4v) is 2.68. The number of carbonyl (C=O) groups excluding carboxylic acids is 1. The number of carboxylic acids is 1. The third-order valence-corrected chi connectivity index (χ3v) is 3.80. The molecule has 0 fully saturated rings. The van der Waals surface area contributed by atoms with Gasteiger partial charge in [0.15, 0.2) is 23.2 Å². The van der Waals surface area contributed by atoms with Crippen LogP contribution >= 0.6 is 0 Å². The maximum Gasteiger partial charge on any atom is 0.331 e. The van der Waals surface area contributed by atoms with Gasteiger partial charge in [-0.15, -0.1) is 0 Å². The molecule has 0 saturated heterocycles. The molecule has 1 aromatic carbocycles. The van der Waals surface area contributed by atoms with Gasteiger partial charge in [0.05, 0.1) is 0 Å². The van der Waals surface area contributed by atoms with Crippen LogP contribution in [0.2, 0.25) is 0 Å². The third kappa shape index (κ3) is 2.54. The van der Waals surface area contributed by atoms with Crippen LogP contribution < -0.4 is 15.4 Å². The van der Waals surface area contributed by atoms with E-state index in [1.807, 2.05) is 0 Å². The Morgan fingerprint density at radius 2 is 1.92 bits per heavy atom. The number of anilines is 2. The molecule has 1 unspecified atom stereocenters. The number of aromatic nitrogens is 1. The smallest absolute Gasteiger partial charge is 0.331 e. The Balaban J connectivity index is 2.21. The highest BCUT2D eigenvalue weighted by Gasteiger charge is 2.47. The van der Waals surface area contributed by atoms with Crippen molar-refractivity contribution in [2.45, 2.75) is 25.5 Å². The number of nitrogens with zero attached hydrogens (tertiary/aromatic N) is 2. The second kappa shape index (κ2) is 5.52. The molecule has 24 heavy (non-hydrogen) atoms. The standard InChI is InChI=1S/C17H17N3O4/c1-17(2)16(23)20(14-11(24-17)8-9-12(18)19-14)13(15(21)22)10-6-4-3-5-7-10/h3-9,13H,1-2H3,(H2,18,19)(H,21,22). The monoisotopic (exact) mass is 327 g/mol. The number of hydrogen-bond acceptors (Lipinski definition) is 5. The second-order valence-corrected chi connectivity index (χ2v) is 6.00. The fourth-order valence-electron chi connectivity index (χ4n) is 2.68. The number of hydrogen-bond donors (Lipinski definition) is 2. The van der Waals surface area contributed by atoms with Gasteiger partial charge in [0, 0.05) is 0 Å². The highest BCUT2D eigenvalue weighted by molar-refractivity contribution is 6.05. The molecule has 1 aliphatic heterocycles. The number of nitrogens with two attached hydrogens (primary N) is 1. The Morgan fingerprint density at radius 1 is 1.25 bits per heavy atom. The van der Waals surface area contributed by atoms with E-state index >= 15 is 0 Å². The van der Waals surface area contributed by atoms with Crippen LogP contribution in [0.25, 0.3) is 0 Å². The number of ether oxygens (including phenoxy) is 1. The van der Waals surface area contributed by atoms with E-state index in [-0.39, 0.29) is 11.6 Å². The van der Waals surface area contributed by atoms with E-state index < -0.39 is 23.5 Å². The molecule has 124 valence electrons. The molecule has 1 amide bonds. The first kappa shape index (κ1) is 15.8. The largest absolute Gasteiger partial charge is 0.479 e. The minimum absolute atomic E-state index is 0.107. The first-order chi connectivity index (χ1) is 11.3. The molecule has 3 rings (SSSR count). The lowest BCUT2D eigenvalue weighted by Crippen LogP contribution is -2.55. The molecule has 1 aliphatic rings. The molecule has 1 aromatic heterocycles. The zero-order valence-corrected chi connectivity index (χ0v) is 13.3. The van der Waals surface area contributed by atoms with Crippen LogP contribution in [0.1, 0.15) is 25.5 Å². The first-order valence-corrected chi connectivity index (χ1v) is 7.38. The molecule has 0 saturated carbocycles. The van der Waals surface area contributed by atoms with E-state index in [9.17, 15) is 14.7 Å². The van der Waals surface area contributed by atoms with Crippen LogP contribution in [0, 0.1) is 0 Å². The molecular weight excluding hydrogens is 310 g/mol. The maximum atomic E-state index is 12.9. The van der Waals surface area contributed by atoms with Gasteiger partial charge < -0.3 is 15.6 Å². The zero-order valence-electron chi connectivity index (χ0n) is 13.3. The highest BCUT2D eigenvalue weighted by Crippen LogP contribution is 2.41. The molecule has 7 nitrogen and oxygen atoms in total. The Bertz CT molecular complexity index is 805. The number of fused-ring (bicyclic) bond motifs is 1. The van der Waals surface area contributed by atoms with E-state index in [2.05, 4.69) is 4.98 Å². The predicted octanol–water partition coefficient (Wildman–Crippen LogP) is 1.99. The number of carbonyl (C=O) groups is 2. The summed E-state index contributed by atoms with van der Waals surface area (Å²) in [6, 6.07) is 10.4. The van der Waals surface area contributed by atoms with Crippen LogP contribution in [0.15, 0.2) is 42.5 Å². The third-order valence-electron chi connectivity index (χ3n) is 3.80. The lowest BCUT2D eigenvalue weighted by atomic mass is 9.99. The van der Waals surface area contributed by atoms with Crippen LogP contribution in [0.3, 0.4) is 0 Å². The minimum atomic E-state index is -1.23. The Kier molecular flexibility index (Phi) is 3.63. The van der Waals surface area contributed by atoms with Crippen LogP contribution in [0.5, 0.6) is 5.75 Å². The number of carboxylic acid groups (broad SMARTS) is 1. The van der Waals surface area contributed by atoms with Crippen molar-refractivity contribution in [2.24, 2.45) is 0 Å². The van der Waals surface area contributed by atoms with Crippen molar-refractivity contribution in [3.8, 4) is 5.75 Å². The van der Waals surface area contributed by atoms with Crippen molar-refractivity contribution in [3.63, 3.8) is 0 Å². The van der Waals surface area contributed by atoms with Crippen LogP contribution in [-0.2, 0) is 9.59 Å². The Morgan fingerprint density at radius 3 is 2.54 bits per heavy atom. The second-order valence-electron chi connectivity index (χ2n) is 6.00. The molecule has 2 aromatic rings. The van der Waals surface area contributed by atoms with E-state index in [1.54, 1.807) is 56.3 Å². The minimum Gasteiger partial charge on any atom is -0.479 e. The van der Waals surface area contributed by atoms with Crippen molar-refractivity contribution in [1.29, 1.82) is 0 Å². The highest BCUT2D eigenvalue weighted by atomic mass is 16.5. The topological polar surface area (TPSA) is 106 Å². The molecule has 0 bridgehead atoms. The lowest BCUT2D eigenvalue weighted by Gasteiger charge is -2.40. The molecular formula is C17H17N3O4. The summed E-state index contributed by atoms with van der Waals surface area (Å²) in [6.45, 7) is 3.18. The van der Waals surface area contributed by atoms with Gasteiger partial charge in [0.1, 0.15) is 5.82 Å². The number of pyridine rings is 1. The summed E-state index contributed by atoms with van der Waals surface area (Å²) in [6.07, 6.45) is 0. The average Bonchev–Trinajstić information content (AvgIpc) is 2.53. The van der Waals surface area contributed by atoms with Crippen molar-refractivity contribution < 1.29 is 19.4 Å². The Hall–Kier alpha value is -3.09. The normalized spacial score (nSPS) is 16.9. The molecule has 3 N–H and O–H groups in total. The van der Waals surface area contributed by atoms with E-state index in [1.165, 1.54) is 0 Å². The van der Waals surface area contributed by atoms with Crippen LogP contribution in [-0.4, -0.2) is 27.6 Å². The summed E-state index contributed by atoms with van der Waals surface area (Å²) < 4.78 is 5.68. The molecule has 0 aliphatic carbocycles. The van der Waals surface area contributed by atoms with Gasteiger partial charge in [-0.3, -0.25) is 9.69 Å². The zero-order chi connectivity index (χ0) is 17.5. The van der Waals surface area contributed by atoms with Crippen LogP contribution in [0.4, 0.5) is 11.6 Å². The number of nitrogen functional groups attached to an aromatic ring is 1. The quantitative estimate of drug-likeness (QED) is 0.893. The first-order valence-electron chi connectivity index (χ1n) is 7.38. The van der Waals surface area contributed by atoms with E-state index in [4.69, 9.17) is 10.5 Å². The average molecular weight is 327 g/mol. The number of benzene rings is 1.